The molecular formula is C16H14BrN. The lowest BCUT2D eigenvalue weighted by Gasteiger charge is -2.17. The Balaban J connectivity index is 2.34. The maximum atomic E-state index is 8.80. The molecule has 2 rings (SSSR count). The topological polar surface area (TPSA) is 23.8 Å². The monoisotopic (exact) mass is 299 g/mol. The Morgan fingerprint density at radius 1 is 1.00 bits per heavy atom. The predicted molar refractivity (Wildman–Crippen MR) is 77.3 cm³/mol. The third kappa shape index (κ3) is 3.21. The lowest BCUT2D eigenvalue weighted by Crippen LogP contribution is -2.00. The summed E-state index contributed by atoms with van der Waals surface area (Å²) in [7, 11) is 0. The molecule has 0 N–H and O–H groups in total. The van der Waals surface area contributed by atoms with Crippen molar-refractivity contribution < 1.29 is 0 Å². The second-order valence-corrected chi connectivity index (χ2v) is 5.13. The van der Waals surface area contributed by atoms with Gasteiger partial charge in [-0.15, -0.1) is 0 Å². The standard InChI is InChI=1S/C16H14BrN/c17-15-9-4-8-14(12-15)16(10-5-11-18)13-6-2-1-3-7-13/h1-4,6-9,12,16H,5,10H2. The lowest BCUT2D eigenvalue weighted by atomic mass is 9.88. The van der Waals surface area contributed by atoms with Crippen LogP contribution in [0.25, 0.3) is 0 Å². The van der Waals surface area contributed by atoms with Gasteiger partial charge in [-0.05, 0) is 29.7 Å². The number of hydrogen-bond acceptors (Lipinski definition) is 1. The Hall–Kier alpha value is -1.59. The SMILES string of the molecule is N#CCCC(c1ccccc1)c1cccc(Br)c1. The van der Waals surface area contributed by atoms with Gasteiger partial charge in [0.15, 0.2) is 0 Å². The third-order valence-electron chi connectivity index (χ3n) is 3.00. The molecule has 0 saturated heterocycles. The molecule has 0 spiro atoms. The highest BCUT2D eigenvalue weighted by Gasteiger charge is 2.13. The largest absolute Gasteiger partial charge is 0.198 e. The Morgan fingerprint density at radius 2 is 1.72 bits per heavy atom. The van der Waals surface area contributed by atoms with Crippen LogP contribution in [-0.4, -0.2) is 0 Å². The molecule has 0 aliphatic rings. The van der Waals surface area contributed by atoms with Crippen LogP contribution in [0.5, 0.6) is 0 Å². The zero-order valence-electron chi connectivity index (χ0n) is 10.0. The van der Waals surface area contributed by atoms with Gasteiger partial charge >= 0.3 is 0 Å². The summed E-state index contributed by atoms with van der Waals surface area (Å²) in [5.41, 5.74) is 2.52. The van der Waals surface area contributed by atoms with E-state index in [9.17, 15) is 0 Å². The van der Waals surface area contributed by atoms with Gasteiger partial charge in [-0.25, -0.2) is 0 Å². The Labute approximate surface area is 116 Å². The Kier molecular flexibility index (Phi) is 4.55. The van der Waals surface area contributed by atoms with Gasteiger partial charge in [-0.2, -0.15) is 5.26 Å². The minimum Gasteiger partial charge on any atom is -0.198 e. The van der Waals surface area contributed by atoms with Crippen molar-refractivity contribution in [2.75, 3.05) is 0 Å². The summed E-state index contributed by atoms with van der Waals surface area (Å²) in [6.07, 6.45) is 1.43. The molecule has 18 heavy (non-hydrogen) atoms. The molecule has 0 radical (unpaired) electrons. The quantitative estimate of drug-likeness (QED) is 0.789. The van der Waals surface area contributed by atoms with Gasteiger partial charge in [0, 0.05) is 16.8 Å². The van der Waals surface area contributed by atoms with Crippen molar-refractivity contribution in [3.05, 3.63) is 70.2 Å². The molecular weight excluding hydrogens is 286 g/mol. The summed E-state index contributed by atoms with van der Waals surface area (Å²) in [6.45, 7) is 0. The van der Waals surface area contributed by atoms with E-state index in [1.807, 2.05) is 30.3 Å². The molecule has 0 aliphatic heterocycles. The zero-order valence-corrected chi connectivity index (χ0v) is 11.6. The third-order valence-corrected chi connectivity index (χ3v) is 3.49. The molecule has 0 saturated carbocycles. The van der Waals surface area contributed by atoms with Gasteiger partial charge in [-0.3, -0.25) is 0 Å². The molecule has 2 aromatic carbocycles. The minimum atomic E-state index is 0.295. The summed E-state index contributed by atoms with van der Waals surface area (Å²) in [6, 6.07) is 20.9. The maximum Gasteiger partial charge on any atom is 0.0622 e. The van der Waals surface area contributed by atoms with Crippen molar-refractivity contribution in [1.29, 1.82) is 5.26 Å². The van der Waals surface area contributed by atoms with Crippen LogP contribution in [0, 0.1) is 11.3 Å². The number of nitriles is 1. The van der Waals surface area contributed by atoms with Crippen molar-refractivity contribution in [3.8, 4) is 6.07 Å². The number of rotatable bonds is 4. The second kappa shape index (κ2) is 6.37. The van der Waals surface area contributed by atoms with E-state index in [4.69, 9.17) is 5.26 Å². The average molecular weight is 300 g/mol. The average Bonchev–Trinajstić information content (AvgIpc) is 2.40. The molecule has 0 fully saturated rings. The lowest BCUT2D eigenvalue weighted by molar-refractivity contribution is 0.733. The highest BCUT2D eigenvalue weighted by Crippen LogP contribution is 2.30. The van der Waals surface area contributed by atoms with Gasteiger partial charge in [0.05, 0.1) is 6.07 Å². The van der Waals surface area contributed by atoms with E-state index in [1.165, 1.54) is 11.1 Å². The summed E-state index contributed by atoms with van der Waals surface area (Å²) in [4.78, 5) is 0. The molecule has 0 aromatic heterocycles. The van der Waals surface area contributed by atoms with Gasteiger partial charge in [0.2, 0.25) is 0 Å². The normalized spacial score (nSPS) is 11.8. The van der Waals surface area contributed by atoms with Crippen LogP contribution < -0.4 is 0 Å². The van der Waals surface area contributed by atoms with E-state index in [0.29, 0.717) is 12.3 Å². The number of halogens is 1. The van der Waals surface area contributed by atoms with Gasteiger partial charge < -0.3 is 0 Å². The smallest absolute Gasteiger partial charge is 0.0622 e. The van der Waals surface area contributed by atoms with E-state index in [0.717, 1.165) is 10.9 Å². The van der Waals surface area contributed by atoms with Crippen molar-refractivity contribution in [2.24, 2.45) is 0 Å². The molecule has 2 aromatic rings. The summed E-state index contributed by atoms with van der Waals surface area (Å²) in [5.74, 6) is 0.295. The Bertz CT molecular complexity index is 543. The first-order valence-electron chi connectivity index (χ1n) is 5.98. The van der Waals surface area contributed by atoms with Crippen LogP contribution in [0.15, 0.2) is 59.1 Å². The highest BCUT2D eigenvalue weighted by molar-refractivity contribution is 9.10. The number of nitrogens with zero attached hydrogens (tertiary/aromatic N) is 1. The molecule has 0 amide bonds. The van der Waals surface area contributed by atoms with E-state index in [-0.39, 0.29) is 0 Å². The predicted octanol–water partition coefficient (Wildman–Crippen LogP) is 4.88. The van der Waals surface area contributed by atoms with Crippen molar-refractivity contribution >= 4 is 15.9 Å². The van der Waals surface area contributed by atoms with Crippen LogP contribution in [0.4, 0.5) is 0 Å². The first-order valence-corrected chi connectivity index (χ1v) is 6.78. The fourth-order valence-electron chi connectivity index (χ4n) is 2.14. The second-order valence-electron chi connectivity index (χ2n) is 4.22. The van der Waals surface area contributed by atoms with Gasteiger partial charge in [-0.1, -0.05) is 58.4 Å². The molecule has 0 heterocycles. The van der Waals surface area contributed by atoms with Crippen LogP contribution >= 0.6 is 15.9 Å². The Morgan fingerprint density at radius 3 is 2.39 bits per heavy atom. The van der Waals surface area contributed by atoms with E-state index in [1.54, 1.807) is 0 Å². The van der Waals surface area contributed by atoms with E-state index in [2.05, 4.69) is 46.3 Å². The fraction of sp³-hybridized carbons (Fsp3) is 0.188. The van der Waals surface area contributed by atoms with Crippen LogP contribution in [0.2, 0.25) is 0 Å². The van der Waals surface area contributed by atoms with Gasteiger partial charge in [0.1, 0.15) is 0 Å². The van der Waals surface area contributed by atoms with Crippen molar-refractivity contribution in [3.63, 3.8) is 0 Å². The summed E-state index contributed by atoms with van der Waals surface area (Å²) < 4.78 is 1.08. The van der Waals surface area contributed by atoms with Crippen LogP contribution in [0.1, 0.15) is 29.9 Å². The zero-order chi connectivity index (χ0) is 12.8. The fourth-order valence-corrected chi connectivity index (χ4v) is 2.56. The minimum absolute atomic E-state index is 0.295. The maximum absolute atomic E-state index is 8.80. The van der Waals surface area contributed by atoms with Gasteiger partial charge in [0.25, 0.3) is 0 Å². The molecule has 1 nitrogen and oxygen atoms in total. The highest BCUT2D eigenvalue weighted by atomic mass is 79.9. The first-order chi connectivity index (χ1) is 8.81. The molecule has 2 heteroatoms. The van der Waals surface area contributed by atoms with E-state index < -0.39 is 0 Å². The molecule has 1 unspecified atom stereocenters. The summed E-state index contributed by atoms with van der Waals surface area (Å²) in [5, 5.41) is 8.80. The molecule has 90 valence electrons. The molecule has 0 bridgehead atoms. The summed E-state index contributed by atoms with van der Waals surface area (Å²) >= 11 is 3.51. The molecule has 1 atom stereocenters. The van der Waals surface area contributed by atoms with Crippen molar-refractivity contribution in [2.45, 2.75) is 18.8 Å². The first kappa shape index (κ1) is 12.9. The number of hydrogen-bond donors (Lipinski definition) is 0. The molecule has 0 aliphatic carbocycles. The number of benzene rings is 2. The van der Waals surface area contributed by atoms with Crippen LogP contribution in [-0.2, 0) is 0 Å². The van der Waals surface area contributed by atoms with E-state index >= 15 is 0 Å². The van der Waals surface area contributed by atoms with Crippen LogP contribution in [0.3, 0.4) is 0 Å². The van der Waals surface area contributed by atoms with Crippen molar-refractivity contribution in [1.82, 2.24) is 0 Å².